The Morgan fingerprint density at radius 3 is 2.37 bits per heavy atom. The second kappa shape index (κ2) is 9.28. The maximum atomic E-state index is 13.5. The van der Waals surface area contributed by atoms with Crippen LogP contribution < -0.4 is 15.4 Å². The molecule has 35 heavy (non-hydrogen) atoms. The van der Waals surface area contributed by atoms with E-state index in [0.717, 1.165) is 5.56 Å². The van der Waals surface area contributed by atoms with Gasteiger partial charge in [0.05, 0.1) is 18.1 Å². The van der Waals surface area contributed by atoms with Crippen molar-refractivity contribution in [2.24, 2.45) is 0 Å². The second-order valence-corrected chi connectivity index (χ2v) is 7.78. The first-order valence-electron chi connectivity index (χ1n) is 10.5. The monoisotopic (exact) mass is 487 g/mol. The summed E-state index contributed by atoms with van der Waals surface area (Å²) in [6, 6.07) is 12.0. The van der Waals surface area contributed by atoms with E-state index in [-0.39, 0.29) is 22.9 Å². The Balaban J connectivity index is 1.98. The van der Waals surface area contributed by atoms with Crippen LogP contribution in [0.15, 0.2) is 52.9 Å². The normalized spacial score (nSPS) is 11.5. The summed E-state index contributed by atoms with van der Waals surface area (Å²) in [5.74, 6) is -0.294. The molecule has 4 aromatic rings. The van der Waals surface area contributed by atoms with Crippen LogP contribution in [0, 0.1) is 12.7 Å². The zero-order valence-electron chi connectivity index (χ0n) is 19.0. The Bertz CT molecular complexity index is 1400. The molecule has 2 aromatic heterocycles. The first-order valence-corrected chi connectivity index (χ1v) is 10.5. The maximum Gasteiger partial charge on any atom is 0.405 e. The standard InChI is InChI=1S/C25H21F4N3O3/c1-13-10-15(6-9-19(13)34-3)17-11-18-20(23(33)30-2)21(14-4-7-16(26)8-5-14)35-24(18)32-22(17)31-12-25(27,28)29/h4-11H,12H2,1-3H3,(H,30,33)(H,31,32). The SMILES string of the molecule is CNC(=O)c1c(-c2ccc(F)cc2)oc2nc(NCC(F)(F)F)c(-c3ccc(OC)c(C)c3)cc12. The van der Waals surface area contributed by atoms with Crippen LogP contribution in [0.2, 0.25) is 0 Å². The van der Waals surface area contributed by atoms with E-state index in [1.54, 1.807) is 31.2 Å². The lowest BCUT2D eigenvalue weighted by atomic mass is 10.00. The Hall–Kier alpha value is -4.08. The number of pyridine rings is 1. The van der Waals surface area contributed by atoms with Gasteiger partial charge in [-0.15, -0.1) is 0 Å². The van der Waals surface area contributed by atoms with Gasteiger partial charge in [-0.1, -0.05) is 6.07 Å². The maximum absolute atomic E-state index is 13.5. The first kappa shape index (κ1) is 24.1. The summed E-state index contributed by atoms with van der Waals surface area (Å²) in [7, 11) is 2.96. The number of carbonyl (C=O) groups is 1. The number of hydrogen-bond donors (Lipinski definition) is 2. The van der Waals surface area contributed by atoms with Gasteiger partial charge in [0, 0.05) is 18.2 Å². The van der Waals surface area contributed by atoms with E-state index in [4.69, 9.17) is 9.15 Å². The van der Waals surface area contributed by atoms with Crippen LogP contribution in [-0.4, -0.2) is 37.8 Å². The molecule has 0 saturated carbocycles. The number of nitrogens with zero attached hydrogens (tertiary/aromatic N) is 1. The van der Waals surface area contributed by atoms with Crippen LogP contribution in [-0.2, 0) is 0 Å². The number of fused-ring (bicyclic) bond motifs is 1. The molecule has 6 nitrogen and oxygen atoms in total. The van der Waals surface area contributed by atoms with E-state index >= 15 is 0 Å². The minimum Gasteiger partial charge on any atom is -0.496 e. The summed E-state index contributed by atoms with van der Waals surface area (Å²) in [5, 5.41) is 5.17. The van der Waals surface area contributed by atoms with E-state index in [1.165, 1.54) is 38.4 Å². The van der Waals surface area contributed by atoms with Crippen molar-refractivity contribution >= 4 is 22.8 Å². The number of carbonyl (C=O) groups excluding carboxylic acids is 1. The number of aromatic nitrogens is 1. The summed E-state index contributed by atoms with van der Waals surface area (Å²) in [6.07, 6.45) is -4.49. The second-order valence-electron chi connectivity index (χ2n) is 7.78. The van der Waals surface area contributed by atoms with E-state index in [0.29, 0.717) is 27.8 Å². The van der Waals surface area contributed by atoms with Gasteiger partial charge in [-0.25, -0.2) is 4.39 Å². The molecule has 2 heterocycles. The van der Waals surface area contributed by atoms with Crippen molar-refractivity contribution in [3.63, 3.8) is 0 Å². The molecule has 0 bridgehead atoms. The molecule has 0 spiro atoms. The van der Waals surface area contributed by atoms with Crippen molar-refractivity contribution < 1.29 is 31.5 Å². The molecule has 2 aromatic carbocycles. The number of ether oxygens (including phenoxy) is 1. The zero-order chi connectivity index (χ0) is 25.3. The number of amides is 1. The van der Waals surface area contributed by atoms with Gasteiger partial charge in [0.1, 0.15) is 29.7 Å². The summed E-state index contributed by atoms with van der Waals surface area (Å²) in [6.45, 7) is 0.485. The first-order chi connectivity index (χ1) is 16.6. The zero-order valence-corrected chi connectivity index (χ0v) is 19.0. The number of nitrogens with one attached hydrogen (secondary N) is 2. The summed E-state index contributed by atoms with van der Waals surface area (Å²) in [5.41, 5.74) is 2.17. The summed E-state index contributed by atoms with van der Waals surface area (Å²) in [4.78, 5) is 17.1. The third-order valence-corrected chi connectivity index (χ3v) is 5.41. The molecule has 4 rings (SSSR count). The Kier molecular flexibility index (Phi) is 6.38. The third-order valence-electron chi connectivity index (χ3n) is 5.41. The number of aryl methyl sites for hydroxylation is 1. The molecular formula is C25H21F4N3O3. The van der Waals surface area contributed by atoms with E-state index in [2.05, 4.69) is 15.6 Å². The molecule has 0 aliphatic rings. The highest BCUT2D eigenvalue weighted by atomic mass is 19.4. The smallest absolute Gasteiger partial charge is 0.405 e. The number of rotatable bonds is 6. The van der Waals surface area contributed by atoms with E-state index < -0.39 is 24.4 Å². The molecule has 10 heteroatoms. The number of anilines is 1. The minimum atomic E-state index is -4.49. The lowest BCUT2D eigenvalue weighted by Crippen LogP contribution is -2.22. The van der Waals surface area contributed by atoms with Gasteiger partial charge in [-0.2, -0.15) is 18.2 Å². The van der Waals surface area contributed by atoms with Crippen molar-refractivity contribution in [3.05, 3.63) is 65.5 Å². The van der Waals surface area contributed by atoms with Crippen LogP contribution in [0.4, 0.5) is 23.4 Å². The molecule has 0 atom stereocenters. The molecule has 0 radical (unpaired) electrons. The highest BCUT2D eigenvalue weighted by Crippen LogP contribution is 2.39. The topological polar surface area (TPSA) is 76.4 Å². The van der Waals surface area contributed by atoms with Gasteiger partial charge in [0.2, 0.25) is 5.71 Å². The molecule has 1 amide bonds. The van der Waals surface area contributed by atoms with Crippen molar-refractivity contribution in [2.45, 2.75) is 13.1 Å². The van der Waals surface area contributed by atoms with Crippen molar-refractivity contribution in [2.75, 3.05) is 26.0 Å². The molecule has 182 valence electrons. The molecule has 0 aliphatic carbocycles. The number of methoxy groups -OCH3 is 1. The Labute approximate surface area is 197 Å². The van der Waals surface area contributed by atoms with Gasteiger partial charge in [0.15, 0.2) is 0 Å². The molecular weight excluding hydrogens is 466 g/mol. The number of benzene rings is 2. The average molecular weight is 487 g/mol. The Morgan fingerprint density at radius 1 is 1.09 bits per heavy atom. The van der Waals surface area contributed by atoms with Crippen LogP contribution >= 0.6 is 0 Å². The average Bonchev–Trinajstić information content (AvgIpc) is 3.20. The molecule has 2 N–H and O–H groups in total. The van der Waals surface area contributed by atoms with Gasteiger partial charge >= 0.3 is 6.18 Å². The fourth-order valence-electron chi connectivity index (χ4n) is 3.76. The lowest BCUT2D eigenvalue weighted by molar-refractivity contribution is -0.115. The van der Waals surface area contributed by atoms with Crippen molar-refractivity contribution in [3.8, 4) is 28.2 Å². The number of furan rings is 1. The van der Waals surface area contributed by atoms with Gasteiger partial charge in [0.25, 0.3) is 5.91 Å². The van der Waals surface area contributed by atoms with E-state index in [1.807, 2.05) is 0 Å². The molecule has 0 saturated heterocycles. The van der Waals surface area contributed by atoms with Crippen molar-refractivity contribution in [1.82, 2.24) is 10.3 Å². The van der Waals surface area contributed by atoms with Gasteiger partial charge in [-0.05, 0) is 60.5 Å². The van der Waals surface area contributed by atoms with Gasteiger partial charge in [-0.3, -0.25) is 4.79 Å². The highest BCUT2D eigenvalue weighted by molar-refractivity contribution is 6.11. The van der Waals surface area contributed by atoms with Crippen LogP contribution in [0.5, 0.6) is 5.75 Å². The highest BCUT2D eigenvalue weighted by Gasteiger charge is 2.29. The number of halogens is 4. The Morgan fingerprint density at radius 2 is 1.77 bits per heavy atom. The summed E-state index contributed by atoms with van der Waals surface area (Å²) < 4.78 is 63.6. The van der Waals surface area contributed by atoms with Crippen molar-refractivity contribution in [1.29, 1.82) is 0 Å². The third kappa shape index (κ3) is 4.91. The van der Waals surface area contributed by atoms with Crippen LogP contribution in [0.3, 0.4) is 0 Å². The molecule has 0 fully saturated rings. The van der Waals surface area contributed by atoms with E-state index in [9.17, 15) is 22.4 Å². The largest absolute Gasteiger partial charge is 0.496 e. The predicted octanol–water partition coefficient (Wildman–Crippen LogP) is 5.95. The van der Waals surface area contributed by atoms with Crippen LogP contribution in [0.1, 0.15) is 15.9 Å². The predicted molar refractivity (Wildman–Crippen MR) is 124 cm³/mol. The molecule has 0 unspecified atom stereocenters. The quantitative estimate of drug-likeness (QED) is 0.329. The lowest BCUT2D eigenvalue weighted by Gasteiger charge is -2.14. The number of alkyl halides is 3. The van der Waals surface area contributed by atoms with Crippen LogP contribution in [0.25, 0.3) is 33.6 Å². The molecule has 0 aliphatic heterocycles. The number of hydrogen-bond acceptors (Lipinski definition) is 5. The fourth-order valence-corrected chi connectivity index (χ4v) is 3.76. The minimum absolute atomic E-state index is 0.0402. The van der Waals surface area contributed by atoms with Gasteiger partial charge < -0.3 is 19.8 Å². The fraction of sp³-hybridized carbons (Fsp3) is 0.200. The summed E-state index contributed by atoms with van der Waals surface area (Å²) >= 11 is 0.